The molecule has 1 amide bonds. The Bertz CT molecular complexity index is 186. The average Bonchev–Trinajstić information content (AvgIpc) is 2.02. The predicted octanol–water partition coefficient (Wildman–Crippen LogP) is 1.26. The molecule has 0 aromatic rings. The average molecular weight is 234 g/mol. The molecule has 0 saturated carbocycles. The Morgan fingerprint density at radius 2 is 2.07 bits per heavy atom. The lowest BCUT2D eigenvalue weighted by molar-refractivity contribution is -0.177. The van der Waals surface area contributed by atoms with Crippen LogP contribution in [0, 0.1) is 0 Å². The van der Waals surface area contributed by atoms with Crippen LogP contribution in [0.3, 0.4) is 0 Å². The van der Waals surface area contributed by atoms with Crippen LogP contribution in [0.1, 0.15) is 0 Å². The maximum absolute atomic E-state index is 11.6. The molecule has 7 heteroatoms. The summed E-state index contributed by atoms with van der Waals surface area (Å²) in [4.78, 5) is 12.2. The fourth-order valence-electron chi connectivity index (χ4n) is 0.616. The van der Waals surface area contributed by atoms with Gasteiger partial charge in [0.25, 0.3) is 0 Å². The van der Waals surface area contributed by atoms with E-state index in [4.69, 9.17) is 11.6 Å². The molecule has 0 radical (unpaired) electrons. The molecule has 0 bridgehead atoms. The minimum Gasteiger partial charge on any atom is -0.362 e. The highest BCUT2D eigenvalue weighted by Gasteiger charge is 2.27. The molecular formula is C7H11ClF3NO2. The third-order valence-electron chi connectivity index (χ3n) is 1.34. The number of carbonyl (C=O) groups excluding carboxylic acids is 1. The van der Waals surface area contributed by atoms with Crippen molar-refractivity contribution in [1.29, 1.82) is 0 Å². The van der Waals surface area contributed by atoms with Gasteiger partial charge in [0, 0.05) is 19.5 Å². The summed E-state index contributed by atoms with van der Waals surface area (Å²) in [5, 5.41) is 0. The van der Waals surface area contributed by atoms with E-state index in [2.05, 4.69) is 4.74 Å². The third kappa shape index (κ3) is 6.97. The number of halogens is 4. The van der Waals surface area contributed by atoms with Gasteiger partial charge < -0.3 is 9.64 Å². The Kier molecular flexibility index (Phi) is 5.87. The van der Waals surface area contributed by atoms with Crippen molar-refractivity contribution < 1.29 is 22.7 Å². The van der Waals surface area contributed by atoms with Gasteiger partial charge in [-0.2, -0.15) is 13.2 Å². The summed E-state index contributed by atoms with van der Waals surface area (Å²) >= 11 is 5.33. The van der Waals surface area contributed by atoms with Crippen molar-refractivity contribution in [2.24, 2.45) is 0 Å². The minimum absolute atomic E-state index is 0.238. The SMILES string of the molecule is CN(CCCl)C(=O)COCC(F)(F)F. The van der Waals surface area contributed by atoms with E-state index in [0.717, 1.165) is 0 Å². The third-order valence-corrected chi connectivity index (χ3v) is 1.51. The first kappa shape index (κ1) is 13.5. The minimum atomic E-state index is -4.40. The van der Waals surface area contributed by atoms with Gasteiger partial charge in [-0.25, -0.2) is 0 Å². The number of amides is 1. The standard InChI is InChI=1S/C7H11ClF3NO2/c1-12(3-2-8)6(13)4-14-5-7(9,10)11/h2-5H2,1H3. The number of hydrogen-bond donors (Lipinski definition) is 0. The molecule has 0 aliphatic carbocycles. The van der Waals surface area contributed by atoms with Crippen molar-refractivity contribution in [3.05, 3.63) is 0 Å². The number of rotatable bonds is 5. The summed E-state index contributed by atoms with van der Waals surface area (Å²) in [6.07, 6.45) is -4.40. The van der Waals surface area contributed by atoms with Gasteiger partial charge in [0.05, 0.1) is 0 Å². The van der Waals surface area contributed by atoms with Gasteiger partial charge in [0.1, 0.15) is 13.2 Å². The quantitative estimate of drug-likeness (QED) is 0.669. The van der Waals surface area contributed by atoms with E-state index in [-0.39, 0.29) is 12.4 Å². The van der Waals surface area contributed by atoms with Crippen molar-refractivity contribution in [3.63, 3.8) is 0 Å². The molecule has 0 fully saturated rings. The molecule has 0 aromatic carbocycles. The van der Waals surface area contributed by atoms with Crippen molar-refractivity contribution in [3.8, 4) is 0 Å². The van der Waals surface area contributed by atoms with Crippen molar-refractivity contribution in [1.82, 2.24) is 4.90 Å². The highest BCUT2D eigenvalue weighted by molar-refractivity contribution is 6.18. The fourth-order valence-corrected chi connectivity index (χ4v) is 0.869. The zero-order valence-electron chi connectivity index (χ0n) is 7.60. The second kappa shape index (κ2) is 6.08. The van der Waals surface area contributed by atoms with Gasteiger partial charge in [0.2, 0.25) is 5.91 Å². The van der Waals surface area contributed by atoms with Crippen LogP contribution in [0.25, 0.3) is 0 Å². The summed E-state index contributed by atoms with van der Waals surface area (Å²) < 4.78 is 38.9. The number of hydrogen-bond acceptors (Lipinski definition) is 2. The second-order valence-electron chi connectivity index (χ2n) is 2.61. The van der Waals surface area contributed by atoms with E-state index < -0.39 is 25.3 Å². The van der Waals surface area contributed by atoms with Gasteiger partial charge in [-0.05, 0) is 0 Å². The summed E-state index contributed by atoms with van der Waals surface area (Å²) in [7, 11) is 1.45. The lowest BCUT2D eigenvalue weighted by Crippen LogP contribution is -2.33. The van der Waals surface area contributed by atoms with Crippen LogP contribution in [-0.2, 0) is 9.53 Å². The van der Waals surface area contributed by atoms with Crippen LogP contribution < -0.4 is 0 Å². The highest BCUT2D eigenvalue weighted by atomic mass is 35.5. The molecule has 0 aliphatic rings. The zero-order chi connectivity index (χ0) is 11.2. The molecule has 0 N–H and O–H groups in total. The van der Waals surface area contributed by atoms with Crippen LogP contribution in [0.5, 0.6) is 0 Å². The van der Waals surface area contributed by atoms with E-state index in [0.29, 0.717) is 0 Å². The van der Waals surface area contributed by atoms with E-state index >= 15 is 0 Å². The first-order valence-electron chi connectivity index (χ1n) is 3.81. The van der Waals surface area contributed by atoms with E-state index in [1.165, 1.54) is 11.9 Å². The number of carbonyl (C=O) groups is 1. The molecule has 0 rings (SSSR count). The zero-order valence-corrected chi connectivity index (χ0v) is 8.36. The summed E-state index contributed by atoms with van der Waals surface area (Å²) in [6, 6.07) is 0. The van der Waals surface area contributed by atoms with Crippen LogP contribution in [0.2, 0.25) is 0 Å². The summed E-state index contributed by atoms with van der Waals surface area (Å²) in [6.45, 7) is -1.70. The molecule has 3 nitrogen and oxygen atoms in total. The Labute approximate surface area is 84.8 Å². The predicted molar refractivity (Wildman–Crippen MR) is 45.2 cm³/mol. The molecule has 14 heavy (non-hydrogen) atoms. The Balaban J connectivity index is 3.64. The van der Waals surface area contributed by atoms with Crippen molar-refractivity contribution >= 4 is 17.5 Å². The maximum atomic E-state index is 11.6. The molecule has 0 aliphatic heterocycles. The number of alkyl halides is 4. The topological polar surface area (TPSA) is 29.5 Å². The monoisotopic (exact) mass is 233 g/mol. The Hall–Kier alpha value is -0.490. The van der Waals surface area contributed by atoms with Gasteiger partial charge in [-0.15, -0.1) is 11.6 Å². The molecule has 84 valence electrons. The molecule has 0 saturated heterocycles. The highest BCUT2D eigenvalue weighted by Crippen LogP contribution is 2.14. The van der Waals surface area contributed by atoms with E-state index in [9.17, 15) is 18.0 Å². The van der Waals surface area contributed by atoms with Crippen LogP contribution in [0.4, 0.5) is 13.2 Å². The molecule has 0 unspecified atom stereocenters. The molecular weight excluding hydrogens is 223 g/mol. The first-order chi connectivity index (χ1) is 6.37. The lowest BCUT2D eigenvalue weighted by atomic mass is 10.5. The smallest absolute Gasteiger partial charge is 0.362 e. The maximum Gasteiger partial charge on any atom is 0.411 e. The second-order valence-corrected chi connectivity index (χ2v) is 2.99. The van der Waals surface area contributed by atoms with Gasteiger partial charge in [0.15, 0.2) is 0 Å². The molecule has 0 heterocycles. The van der Waals surface area contributed by atoms with E-state index in [1.54, 1.807) is 0 Å². The van der Waals surface area contributed by atoms with Crippen LogP contribution in [-0.4, -0.2) is 49.7 Å². The molecule has 0 spiro atoms. The van der Waals surface area contributed by atoms with E-state index in [1.807, 2.05) is 0 Å². The van der Waals surface area contributed by atoms with Gasteiger partial charge in [-0.1, -0.05) is 0 Å². The van der Waals surface area contributed by atoms with Crippen molar-refractivity contribution in [2.45, 2.75) is 6.18 Å². The Morgan fingerprint density at radius 1 is 1.50 bits per heavy atom. The molecule has 0 atom stereocenters. The largest absolute Gasteiger partial charge is 0.411 e. The number of nitrogens with zero attached hydrogens (tertiary/aromatic N) is 1. The first-order valence-corrected chi connectivity index (χ1v) is 4.34. The normalized spacial score (nSPS) is 11.5. The van der Waals surface area contributed by atoms with Crippen molar-refractivity contribution in [2.75, 3.05) is 32.7 Å². The number of likely N-dealkylation sites (N-methyl/N-ethyl adjacent to an activating group) is 1. The summed E-state index contributed by atoms with van der Waals surface area (Å²) in [5.41, 5.74) is 0. The summed E-state index contributed by atoms with van der Waals surface area (Å²) in [5.74, 6) is -0.281. The van der Waals surface area contributed by atoms with Crippen LogP contribution in [0.15, 0.2) is 0 Å². The number of ether oxygens (including phenoxy) is 1. The van der Waals surface area contributed by atoms with Crippen LogP contribution >= 0.6 is 11.6 Å². The lowest BCUT2D eigenvalue weighted by Gasteiger charge is -2.15. The van der Waals surface area contributed by atoms with Gasteiger partial charge >= 0.3 is 6.18 Å². The Morgan fingerprint density at radius 3 is 2.50 bits per heavy atom. The van der Waals surface area contributed by atoms with Gasteiger partial charge in [-0.3, -0.25) is 4.79 Å². The molecule has 0 aromatic heterocycles. The fraction of sp³-hybridized carbons (Fsp3) is 0.857.